The second-order valence-electron chi connectivity index (χ2n) is 3.25. The standard InChI is InChI=1S/C8H15N3O3/c12-7(13)5-10-8(14)11-6-1-3-9-4-2-6/h6,9H,1-5H2,(H,12,13)(H2,10,11,14). The van der Waals surface area contributed by atoms with E-state index in [1.165, 1.54) is 0 Å². The number of carbonyl (C=O) groups excluding carboxylic acids is 1. The number of carbonyl (C=O) groups is 2. The molecule has 0 unspecified atom stereocenters. The molecule has 0 aromatic rings. The van der Waals surface area contributed by atoms with Gasteiger partial charge in [0.2, 0.25) is 0 Å². The lowest BCUT2D eigenvalue weighted by Gasteiger charge is -2.23. The molecule has 1 heterocycles. The number of hydrogen-bond acceptors (Lipinski definition) is 3. The van der Waals surface area contributed by atoms with Crippen LogP contribution in [0, 0.1) is 0 Å². The molecule has 14 heavy (non-hydrogen) atoms. The van der Waals surface area contributed by atoms with Gasteiger partial charge in [0.1, 0.15) is 6.54 Å². The Labute approximate surface area is 82.1 Å². The molecular formula is C8H15N3O3. The molecule has 0 atom stereocenters. The van der Waals surface area contributed by atoms with Gasteiger partial charge in [-0.05, 0) is 25.9 Å². The molecule has 1 rings (SSSR count). The molecule has 1 aliphatic rings. The topological polar surface area (TPSA) is 90.5 Å². The minimum Gasteiger partial charge on any atom is -0.480 e. The van der Waals surface area contributed by atoms with Crippen LogP contribution in [0.2, 0.25) is 0 Å². The molecule has 1 saturated heterocycles. The first-order chi connectivity index (χ1) is 6.68. The third-order valence-corrected chi connectivity index (χ3v) is 2.07. The number of amides is 2. The summed E-state index contributed by atoms with van der Waals surface area (Å²) in [7, 11) is 0. The summed E-state index contributed by atoms with van der Waals surface area (Å²) in [5.74, 6) is -1.04. The molecule has 0 aliphatic carbocycles. The van der Waals surface area contributed by atoms with Crippen molar-refractivity contribution in [3.8, 4) is 0 Å². The number of carboxylic acid groups (broad SMARTS) is 1. The van der Waals surface area contributed by atoms with Gasteiger partial charge in [0, 0.05) is 6.04 Å². The number of hydrogen-bond donors (Lipinski definition) is 4. The van der Waals surface area contributed by atoms with Crippen LogP contribution in [-0.2, 0) is 4.79 Å². The van der Waals surface area contributed by atoms with E-state index < -0.39 is 12.0 Å². The highest BCUT2D eigenvalue weighted by molar-refractivity contribution is 5.79. The first-order valence-corrected chi connectivity index (χ1v) is 4.65. The average molecular weight is 201 g/mol. The number of carboxylic acids is 1. The van der Waals surface area contributed by atoms with Gasteiger partial charge in [-0.2, -0.15) is 0 Å². The van der Waals surface area contributed by atoms with Crippen molar-refractivity contribution in [1.82, 2.24) is 16.0 Å². The predicted octanol–water partition coefficient (Wildman–Crippen LogP) is -0.878. The minimum absolute atomic E-state index is 0.157. The van der Waals surface area contributed by atoms with Gasteiger partial charge in [0.25, 0.3) is 0 Å². The van der Waals surface area contributed by atoms with Crippen molar-refractivity contribution in [3.05, 3.63) is 0 Å². The SMILES string of the molecule is O=C(O)CNC(=O)NC1CCNCC1. The minimum atomic E-state index is -1.04. The summed E-state index contributed by atoms with van der Waals surface area (Å²) in [5, 5.41) is 16.5. The van der Waals surface area contributed by atoms with E-state index >= 15 is 0 Å². The zero-order valence-electron chi connectivity index (χ0n) is 7.88. The van der Waals surface area contributed by atoms with Crippen LogP contribution >= 0.6 is 0 Å². The van der Waals surface area contributed by atoms with Crippen LogP contribution in [-0.4, -0.2) is 42.8 Å². The fourth-order valence-corrected chi connectivity index (χ4v) is 1.36. The first kappa shape index (κ1) is 10.8. The number of aliphatic carboxylic acids is 1. The van der Waals surface area contributed by atoms with Gasteiger partial charge in [-0.25, -0.2) is 4.79 Å². The summed E-state index contributed by atoms with van der Waals surface area (Å²) in [4.78, 5) is 21.3. The predicted molar refractivity (Wildman–Crippen MR) is 50.1 cm³/mol. The zero-order chi connectivity index (χ0) is 10.4. The molecule has 0 radical (unpaired) electrons. The Hall–Kier alpha value is -1.30. The molecule has 80 valence electrons. The second-order valence-corrected chi connectivity index (χ2v) is 3.25. The van der Waals surface area contributed by atoms with Crippen molar-refractivity contribution >= 4 is 12.0 Å². The van der Waals surface area contributed by atoms with E-state index in [0.29, 0.717) is 0 Å². The number of rotatable bonds is 3. The van der Waals surface area contributed by atoms with Crippen LogP contribution in [0.5, 0.6) is 0 Å². The molecule has 0 aromatic heterocycles. The maximum atomic E-state index is 11.1. The largest absolute Gasteiger partial charge is 0.480 e. The van der Waals surface area contributed by atoms with E-state index in [0.717, 1.165) is 25.9 Å². The summed E-state index contributed by atoms with van der Waals surface area (Å²) in [6, 6.07) is -0.246. The Morgan fingerprint density at radius 2 is 2.00 bits per heavy atom. The van der Waals surface area contributed by atoms with Gasteiger partial charge in [-0.3, -0.25) is 4.79 Å². The summed E-state index contributed by atoms with van der Waals surface area (Å²) in [6.07, 6.45) is 1.78. The fourth-order valence-electron chi connectivity index (χ4n) is 1.36. The normalized spacial score (nSPS) is 17.4. The van der Waals surface area contributed by atoms with Crippen LogP contribution in [0.1, 0.15) is 12.8 Å². The molecule has 2 amide bonds. The van der Waals surface area contributed by atoms with Crippen molar-refractivity contribution < 1.29 is 14.7 Å². The quantitative estimate of drug-likeness (QED) is 0.477. The fraction of sp³-hybridized carbons (Fsp3) is 0.750. The van der Waals surface area contributed by atoms with Crippen LogP contribution in [0.15, 0.2) is 0 Å². The van der Waals surface area contributed by atoms with Crippen molar-refractivity contribution in [2.75, 3.05) is 19.6 Å². The summed E-state index contributed by atoms with van der Waals surface area (Å²) >= 11 is 0. The van der Waals surface area contributed by atoms with Gasteiger partial charge in [0.15, 0.2) is 0 Å². The van der Waals surface area contributed by atoms with Gasteiger partial charge >= 0.3 is 12.0 Å². The van der Waals surface area contributed by atoms with Crippen LogP contribution in [0.25, 0.3) is 0 Å². The molecule has 0 bridgehead atoms. The van der Waals surface area contributed by atoms with Crippen LogP contribution in [0.4, 0.5) is 4.79 Å². The molecule has 0 aromatic carbocycles. The Kier molecular flexibility index (Phi) is 4.18. The monoisotopic (exact) mass is 201 g/mol. The summed E-state index contributed by atoms with van der Waals surface area (Å²) < 4.78 is 0. The maximum Gasteiger partial charge on any atom is 0.323 e. The molecule has 6 heteroatoms. The number of urea groups is 1. The Morgan fingerprint density at radius 3 is 2.57 bits per heavy atom. The molecular weight excluding hydrogens is 186 g/mol. The lowest BCUT2D eigenvalue weighted by Crippen LogP contribution is -2.47. The van der Waals surface area contributed by atoms with E-state index in [1.54, 1.807) is 0 Å². The Balaban J connectivity index is 2.15. The highest BCUT2D eigenvalue weighted by Gasteiger charge is 2.15. The Morgan fingerprint density at radius 1 is 1.36 bits per heavy atom. The van der Waals surface area contributed by atoms with Crippen LogP contribution < -0.4 is 16.0 Å². The second kappa shape index (κ2) is 5.43. The Bertz CT molecular complexity index is 214. The molecule has 4 N–H and O–H groups in total. The van der Waals surface area contributed by atoms with Gasteiger partial charge in [-0.15, -0.1) is 0 Å². The number of nitrogens with one attached hydrogen (secondary N) is 3. The molecule has 0 saturated carbocycles. The molecule has 1 aliphatic heterocycles. The highest BCUT2D eigenvalue weighted by Crippen LogP contribution is 2.00. The molecule has 0 spiro atoms. The lowest BCUT2D eigenvalue weighted by molar-refractivity contribution is -0.135. The van der Waals surface area contributed by atoms with Crippen molar-refractivity contribution in [2.45, 2.75) is 18.9 Å². The van der Waals surface area contributed by atoms with Gasteiger partial charge in [-0.1, -0.05) is 0 Å². The van der Waals surface area contributed by atoms with E-state index in [1.807, 2.05) is 0 Å². The third kappa shape index (κ3) is 4.08. The van der Waals surface area contributed by atoms with Gasteiger partial charge < -0.3 is 21.1 Å². The van der Waals surface area contributed by atoms with Crippen molar-refractivity contribution in [2.24, 2.45) is 0 Å². The lowest BCUT2D eigenvalue weighted by atomic mass is 10.1. The molecule has 1 fully saturated rings. The average Bonchev–Trinajstić information content (AvgIpc) is 2.16. The van der Waals surface area contributed by atoms with E-state index in [4.69, 9.17) is 5.11 Å². The van der Waals surface area contributed by atoms with Crippen LogP contribution in [0.3, 0.4) is 0 Å². The summed E-state index contributed by atoms with van der Waals surface area (Å²) in [5.41, 5.74) is 0. The first-order valence-electron chi connectivity index (χ1n) is 4.65. The van der Waals surface area contributed by atoms with E-state index in [-0.39, 0.29) is 12.6 Å². The summed E-state index contributed by atoms with van der Waals surface area (Å²) in [6.45, 7) is 1.45. The zero-order valence-corrected chi connectivity index (χ0v) is 7.88. The molecule has 6 nitrogen and oxygen atoms in total. The van der Waals surface area contributed by atoms with E-state index in [9.17, 15) is 9.59 Å². The van der Waals surface area contributed by atoms with Crippen molar-refractivity contribution in [3.63, 3.8) is 0 Å². The smallest absolute Gasteiger partial charge is 0.323 e. The maximum absolute atomic E-state index is 11.1. The highest BCUT2D eigenvalue weighted by atomic mass is 16.4. The van der Waals surface area contributed by atoms with Gasteiger partial charge in [0.05, 0.1) is 0 Å². The van der Waals surface area contributed by atoms with Crippen molar-refractivity contribution in [1.29, 1.82) is 0 Å². The number of piperidine rings is 1. The third-order valence-electron chi connectivity index (χ3n) is 2.07. The van der Waals surface area contributed by atoms with E-state index in [2.05, 4.69) is 16.0 Å².